The molecule has 0 aliphatic carbocycles. The zero-order chi connectivity index (χ0) is 22.6. The second kappa shape index (κ2) is 8.88. The lowest BCUT2D eigenvalue weighted by Gasteiger charge is -2.31. The number of ether oxygens (including phenoxy) is 2. The van der Waals surface area contributed by atoms with Crippen molar-refractivity contribution in [1.29, 1.82) is 0 Å². The van der Waals surface area contributed by atoms with E-state index in [0.717, 1.165) is 35.9 Å². The van der Waals surface area contributed by atoms with E-state index in [-0.39, 0.29) is 5.75 Å². The van der Waals surface area contributed by atoms with Gasteiger partial charge in [0, 0.05) is 23.1 Å². The first kappa shape index (κ1) is 22.5. The summed E-state index contributed by atoms with van der Waals surface area (Å²) < 4.78 is 56.7. The van der Waals surface area contributed by atoms with Gasteiger partial charge in [0.2, 0.25) is 0 Å². The van der Waals surface area contributed by atoms with Gasteiger partial charge in [0.25, 0.3) is 0 Å². The minimum Gasteiger partial charge on any atom is -0.492 e. The molecule has 0 aliphatic rings. The third-order valence-corrected chi connectivity index (χ3v) is 5.10. The minimum absolute atomic E-state index is 0.225. The number of carbonyl (C=O) groups is 1. The van der Waals surface area contributed by atoms with Crippen molar-refractivity contribution in [3.05, 3.63) is 66.7 Å². The summed E-state index contributed by atoms with van der Waals surface area (Å²) >= 11 is 0. The van der Waals surface area contributed by atoms with Crippen LogP contribution in [0.3, 0.4) is 0 Å². The van der Waals surface area contributed by atoms with Gasteiger partial charge in [-0.3, -0.25) is 0 Å². The van der Waals surface area contributed by atoms with Crippen LogP contribution in [0, 0.1) is 5.41 Å². The Morgan fingerprint density at radius 1 is 1.13 bits per heavy atom. The first-order chi connectivity index (χ1) is 14.7. The number of fused-ring (bicyclic) bond motifs is 1. The number of rotatable bonds is 8. The third kappa shape index (κ3) is 4.93. The lowest BCUT2D eigenvalue weighted by Crippen LogP contribution is -2.44. The van der Waals surface area contributed by atoms with E-state index in [0.29, 0.717) is 11.3 Å². The molecule has 7 heteroatoms. The normalized spacial score (nSPS) is 13.6. The molecule has 0 aliphatic heterocycles. The molecule has 31 heavy (non-hydrogen) atoms. The molecule has 0 spiro atoms. The zero-order valence-corrected chi connectivity index (χ0v) is 17.3. The summed E-state index contributed by atoms with van der Waals surface area (Å²) in [6, 6.07) is 14.6. The zero-order valence-electron chi connectivity index (χ0n) is 17.3. The van der Waals surface area contributed by atoms with Gasteiger partial charge in [-0.2, -0.15) is 13.2 Å². The fourth-order valence-corrected chi connectivity index (χ4v) is 3.04. The van der Waals surface area contributed by atoms with E-state index in [4.69, 9.17) is 9.15 Å². The Morgan fingerprint density at radius 3 is 2.55 bits per heavy atom. The SMILES string of the molecule is C=CC(=O)OCC(C)(COc1ccc2cc(-c3ccccc3CC)oc2c1)C(F)(F)F. The summed E-state index contributed by atoms with van der Waals surface area (Å²) in [5.41, 5.74) is 0.227. The molecule has 0 fully saturated rings. The summed E-state index contributed by atoms with van der Waals surface area (Å²) in [7, 11) is 0. The summed E-state index contributed by atoms with van der Waals surface area (Å²) in [4.78, 5) is 11.2. The van der Waals surface area contributed by atoms with E-state index < -0.39 is 30.8 Å². The Bertz CT molecular complexity index is 1080. The van der Waals surface area contributed by atoms with E-state index >= 15 is 0 Å². The number of furan rings is 1. The first-order valence-electron chi connectivity index (χ1n) is 9.77. The highest BCUT2D eigenvalue weighted by Gasteiger charge is 2.53. The summed E-state index contributed by atoms with van der Waals surface area (Å²) in [6.07, 6.45) is -2.98. The molecule has 3 aromatic rings. The van der Waals surface area contributed by atoms with Crippen molar-refractivity contribution in [3.63, 3.8) is 0 Å². The van der Waals surface area contributed by atoms with Crippen molar-refractivity contribution in [2.75, 3.05) is 13.2 Å². The van der Waals surface area contributed by atoms with Gasteiger partial charge < -0.3 is 13.9 Å². The van der Waals surface area contributed by atoms with Gasteiger partial charge in [-0.05, 0) is 37.1 Å². The van der Waals surface area contributed by atoms with Crippen LogP contribution < -0.4 is 4.74 Å². The van der Waals surface area contributed by atoms with Gasteiger partial charge in [-0.25, -0.2) is 4.79 Å². The molecule has 0 saturated heterocycles. The average Bonchev–Trinajstić information content (AvgIpc) is 3.18. The van der Waals surface area contributed by atoms with Crippen molar-refractivity contribution < 1.29 is 31.9 Å². The molecule has 1 heterocycles. The van der Waals surface area contributed by atoms with Crippen molar-refractivity contribution in [2.24, 2.45) is 5.41 Å². The van der Waals surface area contributed by atoms with Crippen LogP contribution >= 0.6 is 0 Å². The van der Waals surface area contributed by atoms with E-state index in [2.05, 4.69) is 18.2 Å². The standard InChI is InChI=1S/C24H23F3O4/c1-4-16-8-6-7-9-19(16)21-12-17-10-11-18(13-20(17)31-21)29-14-23(3,24(25,26)27)15-30-22(28)5-2/h5-13H,2,4,14-15H2,1,3H3. The Balaban J connectivity index is 1.81. The van der Waals surface area contributed by atoms with E-state index in [1.54, 1.807) is 18.2 Å². The quantitative estimate of drug-likeness (QED) is 0.308. The van der Waals surface area contributed by atoms with Crippen LogP contribution in [0.4, 0.5) is 13.2 Å². The predicted molar refractivity (Wildman–Crippen MR) is 112 cm³/mol. The molecule has 0 amide bonds. The highest BCUT2D eigenvalue weighted by atomic mass is 19.4. The number of halogens is 3. The Morgan fingerprint density at radius 2 is 1.87 bits per heavy atom. The molecule has 3 rings (SSSR count). The van der Waals surface area contributed by atoms with Crippen molar-refractivity contribution in [1.82, 2.24) is 0 Å². The van der Waals surface area contributed by atoms with Gasteiger partial charge >= 0.3 is 12.1 Å². The van der Waals surface area contributed by atoms with Gasteiger partial charge in [0.05, 0.1) is 0 Å². The molecular formula is C24H23F3O4. The van der Waals surface area contributed by atoms with Gasteiger partial charge in [0.1, 0.15) is 35.7 Å². The minimum atomic E-state index is -4.64. The molecule has 1 unspecified atom stereocenters. The molecule has 0 bridgehead atoms. The lowest BCUT2D eigenvalue weighted by atomic mass is 9.92. The van der Waals surface area contributed by atoms with Crippen LogP contribution in [0.15, 0.2) is 65.6 Å². The molecular weight excluding hydrogens is 409 g/mol. The predicted octanol–water partition coefficient (Wildman–Crippen LogP) is 6.34. The average molecular weight is 432 g/mol. The van der Waals surface area contributed by atoms with E-state index in [9.17, 15) is 18.0 Å². The van der Waals surface area contributed by atoms with Crippen LogP contribution in [-0.4, -0.2) is 25.4 Å². The molecule has 1 atom stereocenters. The lowest BCUT2D eigenvalue weighted by molar-refractivity contribution is -0.240. The molecule has 1 aromatic heterocycles. The number of carbonyl (C=O) groups excluding carboxylic acids is 1. The summed E-state index contributed by atoms with van der Waals surface area (Å²) in [5, 5.41) is 0.812. The maximum absolute atomic E-state index is 13.6. The third-order valence-electron chi connectivity index (χ3n) is 5.10. The molecule has 164 valence electrons. The Hall–Kier alpha value is -3.22. The number of hydrogen-bond donors (Lipinski definition) is 0. The number of alkyl halides is 3. The van der Waals surface area contributed by atoms with Crippen LogP contribution in [0.5, 0.6) is 5.75 Å². The second-order valence-corrected chi connectivity index (χ2v) is 7.48. The van der Waals surface area contributed by atoms with Crippen LogP contribution in [0.25, 0.3) is 22.3 Å². The van der Waals surface area contributed by atoms with Crippen LogP contribution in [0.2, 0.25) is 0 Å². The highest BCUT2D eigenvalue weighted by Crippen LogP contribution is 2.39. The highest BCUT2D eigenvalue weighted by molar-refractivity contribution is 5.84. The first-order valence-corrected chi connectivity index (χ1v) is 9.77. The maximum atomic E-state index is 13.6. The monoisotopic (exact) mass is 432 g/mol. The fraction of sp³-hybridized carbons (Fsp3) is 0.292. The second-order valence-electron chi connectivity index (χ2n) is 7.48. The Labute approximate surface area is 178 Å². The molecule has 0 saturated carbocycles. The fourth-order valence-electron chi connectivity index (χ4n) is 3.04. The van der Waals surface area contributed by atoms with Crippen molar-refractivity contribution in [3.8, 4) is 17.1 Å². The topological polar surface area (TPSA) is 48.7 Å². The number of benzene rings is 2. The summed E-state index contributed by atoms with van der Waals surface area (Å²) in [5.74, 6) is -0.0175. The van der Waals surface area contributed by atoms with Crippen LogP contribution in [0.1, 0.15) is 19.4 Å². The van der Waals surface area contributed by atoms with E-state index in [1.165, 1.54) is 0 Å². The maximum Gasteiger partial charge on any atom is 0.400 e. The van der Waals surface area contributed by atoms with E-state index in [1.807, 2.05) is 30.3 Å². The van der Waals surface area contributed by atoms with Gasteiger partial charge in [-0.1, -0.05) is 37.8 Å². The molecule has 4 nitrogen and oxygen atoms in total. The summed E-state index contributed by atoms with van der Waals surface area (Å²) in [6.45, 7) is 4.58. The molecule has 0 radical (unpaired) electrons. The number of esters is 1. The number of hydrogen-bond acceptors (Lipinski definition) is 4. The molecule has 2 aromatic carbocycles. The van der Waals surface area contributed by atoms with Crippen molar-refractivity contribution >= 4 is 16.9 Å². The van der Waals surface area contributed by atoms with Crippen LogP contribution in [-0.2, 0) is 16.0 Å². The van der Waals surface area contributed by atoms with Gasteiger partial charge in [0.15, 0.2) is 0 Å². The smallest absolute Gasteiger partial charge is 0.400 e. The largest absolute Gasteiger partial charge is 0.492 e. The van der Waals surface area contributed by atoms with Gasteiger partial charge in [-0.15, -0.1) is 0 Å². The van der Waals surface area contributed by atoms with Crippen molar-refractivity contribution in [2.45, 2.75) is 26.4 Å². The Kier molecular flexibility index (Phi) is 6.43. The number of aryl methyl sites for hydroxylation is 1. The molecule has 0 N–H and O–H groups in total.